The Morgan fingerprint density at radius 2 is 2.50 bits per heavy atom. The van der Waals surface area contributed by atoms with Crippen LogP contribution in [0.5, 0.6) is 0 Å². The minimum atomic E-state index is -0.354. The Morgan fingerprint density at radius 1 is 1.69 bits per heavy atom. The van der Waals surface area contributed by atoms with Crippen molar-refractivity contribution in [3.05, 3.63) is 23.8 Å². The number of carbonyl (C=O) groups is 1. The molecule has 0 atom stereocenters. The number of nitrogens with two attached hydrogens (primary N) is 1. The van der Waals surface area contributed by atoms with Crippen LogP contribution in [0.1, 0.15) is 16.2 Å². The lowest BCUT2D eigenvalue weighted by Gasteiger charge is -1.99. The second-order valence-electron chi connectivity index (χ2n) is 3.25. The Morgan fingerprint density at radius 3 is 3.06 bits per heavy atom. The third-order valence-corrected chi connectivity index (χ3v) is 1.93. The van der Waals surface area contributed by atoms with Crippen molar-refractivity contribution in [2.45, 2.75) is 6.54 Å². The molecule has 0 fully saturated rings. The van der Waals surface area contributed by atoms with Gasteiger partial charge in [-0.05, 0) is 0 Å². The summed E-state index contributed by atoms with van der Waals surface area (Å²) in [5.74, 6) is -0.207. The molecule has 0 aliphatic carbocycles. The monoisotopic (exact) mass is 221 g/mol. The molecule has 0 aromatic carbocycles. The zero-order chi connectivity index (χ0) is 11.5. The van der Waals surface area contributed by atoms with Gasteiger partial charge < -0.3 is 11.1 Å². The number of hydrogen-bond donors (Lipinski definition) is 3. The maximum Gasteiger partial charge on any atom is 0.288 e. The molecule has 16 heavy (non-hydrogen) atoms. The third-order valence-electron chi connectivity index (χ3n) is 1.93. The molecular formula is C8H11N7O. The summed E-state index contributed by atoms with van der Waals surface area (Å²) in [6, 6.07) is 0. The van der Waals surface area contributed by atoms with Crippen molar-refractivity contribution in [3.63, 3.8) is 0 Å². The smallest absolute Gasteiger partial charge is 0.288 e. The molecule has 8 heteroatoms. The summed E-state index contributed by atoms with van der Waals surface area (Å²) in [6.07, 6.45) is 3.49. The van der Waals surface area contributed by atoms with Gasteiger partial charge in [0, 0.05) is 25.4 Å². The summed E-state index contributed by atoms with van der Waals surface area (Å²) in [5, 5.41) is 12.6. The van der Waals surface area contributed by atoms with E-state index in [1.54, 1.807) is 10.9 Å². The Bertz CT molecular complexity index is 500. The molecule has 2 aromatic heterocycles. The molecule has 8 nitrogen and oxygen atoms in total. The van der Waals surface area contributed by atoms with Gasteiger partial charge in [-0.1, -0.05) is 0 Å². The summed E-state index contributed by atoms with van der Waals surface area (Å²) in [6.45, 7) is 0.382. The van der Waals surface area contributed by atoms with Gasteiger partial charge in [0.1, 0.15) is 0 Å². The Hall–Kier alpha value is -2.38. The Balaban J connectivity index is 1.93. The molecule has 2 rings (SSSR count). The lowest BCUT2D eigenvalue weighted by atomic mass is 10.3. The number of aryl methyl sites for hydroxylation is 1. The van der Waals surface area contributed by atoms with Crippen molar-refractivity contribution in [2.24, 2.45) is 7.05 Å². The minimum Gasteiger partial charge on any atom is -0.366 e. The topological polar surface area (TPSA) is 115 Å². The molecule has 0 unspecified atom stereocenters. The SMILES string of the molecule is Cn1cc(CNC(=O)c2nc(N)n[nH]2)cn1. The molecule has 0 radical (unpaired) electrons. The summed E-state index contributed by atoms with van der Waals surface area (Å²) < 4.78 is 1.66. The number of aromatic nitrogens is 5. The molecule has 0 spiro atoms. The van der Waals surface area contributed by atoms with E-state index < -0.39 is 0 Å². The van der Waals surface area contributed by atoms with E-state index in [1.165, 1.54) is 0 Å². The molecule has 1 amide bonds. The predicted octanol–water partition coefficient (Wildman–Crippen LogP) is -0.950. The molecule has 0 aliphatic rings. The lowest BCUT2D eigenvalue weighted by Crippen LogP contribution is -2.23. The number of H-pyrrole nitrogens is 1. The predicted molar refractivity (Wildman–Crippen MR) is 55.2 cm³/mol. The van der Waals surface area contributed by atoms with Crippen LogP contribution in [-0.4, -0.2) is 30.9 Å². The van der Waals surface area contributed by atoms with Gasteiger partial charge in [-0.3, -0.25) is 14.6 Å². The fourth-order valence-corrected chi connectivity index (χ4v) is 1.21. The molecule has 2 heterocycles. The van der Waals surface area contributed by atoms with Gasteiger partial charge in [-0.2, -0.15) is 10.1 Å². The van der Waals surface area contributed by atoms with E-state index in [0.29, 0.717) is 6.54 Å². The molecule has 84 valence electrons. The average molecular weight is 221 g/mol. The van der Waals surface area contributed by atoms with Gasteiger partial charge >= 0.3 is 0 Å². The number of aromatic amines is 1. The third kappa shape index (κ3) is 2.16. The standard InChI is InChI=1S/C8H11N7O/c1-15-4-5(3-11-15)2-10-7(16)6-12-8(9)14-13-6/h3-4H,2H2,1H3,(H,10,16)(H3,9,12,13,14). The summed E-state index contributed by atoms with van der Waals surface area (Å²) >= 11 is 0. The summed E-state index contributed by atoms with van der Waals surface area (Å²) in [5.41, 5.74) is 6.19. The molecule has 0 bridgehead atoms. The first-order valence-corrected chi connectivity index (χ1v) is 4.59. The van der Waals surface area contributed by atoms with Crippen LogP contribution in [0, 0.1) is 0 Å². The highest BCUT2D eigenvalue weighted by atomic mass is 16.2. The van der Waals surface area contributed by atoms with Crippen molar-refractivity contribution >= 4 is 11.9 Å². The number of nitrogen functional groups attached to an aromatic ring is 1. The lowest BCUT2D eigenvalue weighted by molar-refractivity contribution is 0.0941. The quantitative estimate of drug-likeness (QED) is 0.618. The number of anilines is 1. The van der Waals surface area contributed by atoms with Crippen molar-refractivity contribution < 1.29 is 4.79 Å². The van der Waals surface area contributed by atoms with E-state index in [0.717, 1.165) is 5.56 Å². The Labute approximate surface area is 90.9 Å². The first-order valence-electron chi connectivity index (χ1n) is 4.59. The zero-order valence-corrected chi connectivity index (χ0v) is 8.64. The van der Waals surface area contributed by atoms with E-state index in [2.05, 4.69) is 25.6 Å². The molecule has 0 aliphatic heterocycles. The molecule has 4 N–H and O–H groups in total. The van der Waals surface area contributed by atoms with Crippen LogP contribution in [0.2, 0.25) is 0 Å². The van der Waals surface area contributed by atoms with E-state index >= 15 is 0 Å². The van der Waals surface area contributed by atoms with Crippen LogP contribution in [0.15, 0.2) is 12.4 Å². The van der Waals surface area contributed by atoms with Gasteiger partial charge in [-0.25, -0.2) is 0 Å². The van der Waals surface area contributed by atoms with Crippen LogP contribution in [0.3, 0.4) is 0 Å². The van der Waals surface area contributed by atoms with Crippen LogP contribution < -0.4 is 11.1 Å². The summed E-state index contributed by atoms with van der Waals surface area (Å²) in [4.78, 5) is 15.2. The second kappa shape index (κ2) is 4.01. The van der Waals surface area contributed by atoms with Gasteiger partial charge in [0.15, 0.2) is 0 Å². The van der Waals surface area contributed by atoms with Gasteiger partial charge in [0.05, 0.1) is 6.20 Å². The van der Waals surface area contributed by atoms with Crippen molar-refractivity contribution in [3.8, 4) is 0 Å². The number of hydrogen-bond acceptors (Lipinski definition) is 5. The number of rotatable bonds is 3. The van der Waals surface area contributed by atoms with E-state index in [1.807, 2.05) is 13.2 Å². The fraction of sp³-hybridized carbons (Fsp3) is 0.250. The fourth-order valence-electron chi connectivity index (χ4n) is 1.21. The van der Waals surface area contributed by atoms with E-state index in [9.17, 15) is 4.79 Å². The first kappa shape index (κ1) is 10.1. The number of amides is 1. The molecule has 0 saturated carbocycles. The van der Waals surface area contributed by atoms with Crippen LogP contribution in [0.25, 0.3) is 0 Å². The van der Waals surface area contributed by atoms with Gasteiger partial charge in [0.2, 0.25) is 11.8 Å². The average Bonchev–Trinajstić information content (AvgIpc) is 2.84. The minimum absolute atomic E-state index is 0.0477. The van der Waals surface area contributed by atoms with Crippen molar-refractivity contribution in [1.82, 2.24) is 30.3 Å². The number of nitrogens with one attached hydrogen (secondary N) is 2. The highest BCUT2D eigenvalue weighted by Gasteiger charge is 2.10. The van der Waals surface area contributed by atoms with E-state index in [4.69, 9.17) is 5.73 Å². The highest BCUT2D eigenvalue weighted by molar-refractivity contribution is 5.90. The second-order valence-corrected chi connectivity index (χ2v) is 3.25. The van der Waals surface area contributed by atoms with E-state index in [-0.39, 0.29) is 17.7 Å². The van der Waals surface area contributed by atoms with Gasteiger partial charge in [0.25, 0.3) is 5.91 Å². The van der Waals surface area contributed by atoms with Crippen LogP contribution in [0.4, 0.5) is 5.95 Å². The maximum atomic E-state index is 11.5. The zero-order valence-electron chi connectivity index (χ0n) is 8.64. The number of carbonyl (C=O) groups excluding carboxylic acids is 1. The van der Waals surface area contributed by atoms with Crippen molar-refractivity contribution in [1.29, 1.82) is 0 Å². The van der Waals surface area contributed by atoms with Crippen molar-refractivity contribution in [2.75, 3.05) is 5.73 Å². The number of nitrogens with zero attached hydrogens (tertiary/aromatic N) is 4. The first-order chi connectivity index (χ1) is 7.65. The highest BCUT2D eigenvalue weighted by Crippen LogP contribution is 1.97. The van der Waals surface area contributed by atoms with Gasteiger partial charge in [-0.15, -0.1) is 5.10 Å². The molecule has 0 saturated heterocycles. The molecule has 2 aromatic rings. The Kier molecular flexibility index (Phi) is 2.54. The largest absolute Gasteiger partial charge is 0.366 e. The van der Waals surface area contributed by atoms with Crippen LogP contribution in [-0.2, 0) is 13.6 Å². The maximum absolute atomic E-state index is 11.5. The molecular weight excluding hydrogens is 210 g/mol. The summed E-state index contributed by atoms with van der Waals surface area (Å²) in [7, 11) is 1.81. The van der Waals surface area contributed by atoms with Crippen LogP contribution >= 0.6 is 0 Å². The normalized spacial score (nSPS) is 10.3.